The lowest BCUT2D eigenvalue weighted by Crippen LogP contribution is -2.13. The van der Waals surface area contributed by atoms with E-state index in [4.69, 9.17) is 9.47 Å². The summed E-state index contributed by atoms with van der Waals surface area (Å²) in [4.78, 5) is 24.1. The average molecular weight is 375 g/mol. The molecule has 142 valence electrons. The second-order valence-electron chi connectivity index (χ2n) is 6.27. The number of ether oxygens (including phenoxy) is 2. The molecule has 5 nitrogen and oxygen atoms in total. The van der Waals surface area contributed by atoms with Crippen LogP contribution in [0.1, 0.15) is 31.8 Å². The largest absolute Gasteiger partial charge is 0.489 e. The zero-order valence-electron chi connectivity index (χ0n) is 15.8. The molecule has 0 fully saturated rings. The van der Waals surface area contributed by atoms with Gasteiger partial charge < -0.3 is 14.8 Å². The number of anilines is 1. The Hall–Kier alpha value is -3.60. The van der Waals surface area contributed by atoms with Gasteiger partial charge in [-0.05, 0) is 60.5 Å². The van der Waals surface area contributed by atoms with E-state index in [0.717, 1.165) is 11.1 Å². The Morgan fingerprint density at radius 3 is 2.21 bits per heavy atom. The number of hydrogen-bond acceptors (Lipinski definition) is 4. The molecule has 0 unspecified atom stereocenters. The molecule has 0 aliphatic carbocycles. The number of carbonyl (C=O) groups excluding carboxylic acids is 2. The van der Waals surface area contributed by atoms with Gasteiger partial charge >= 0.3 is 5.97 Å². The van der Waals surface area contributed by atoms with E-state index in [1.807, 2.05) is 37.3 Å². The van der Waals surface area contributed by atoms with E-state index < -0.39 is 5.97 Å². The molecular weight excluding hydrogens is 354 g/mol. The van der Waals surface area contributed by atoms with Gasteiger partial charge in [0, 0.05) is 11.3 Å². The van der Waals surface area contributed by atoms with Gasteiger partial charge in [-0.25, -0.2) is 4.79 Å². The van der Waals surface area contributed by atoms with Gasteiger partial charge in [0.1, 0.15) is 12.4 Å². The van der Waals surface area contributed by atoms with Crippen LogP contribution in [-0.2, 0) is 11.3 Å². The molecule has 1 amide bonds. The Morgan fingerprint density at radius 2 is 1.57 bits per heavy atom. The summed E-state index contributed by atoms with van der Waals surface area (Å²) >= 11 is 0. The van der Waals surface area contributed by atoms with Gasteiger partial charge in [0.2, 0.25) is 0 Å². The third-order valence-corrected chi connectivity index (χ3v) is 4.26. The van der Waals surface area contributed by atoms with Crippen LogP contribution in [0.15, 0.2) is 72.8 Å². The number of aryl methyl sites for hydroxylation is 1. The molecule has 28 heavy (non-hydrogen) atoms. The molecule has 5 heteroatoms. The smallest absolute Gasteiger partial charge is 0.337 e. The minimum absolute atomic E-state index is 0.233. The lowest BCUT2D eigenvalue weighted by atomic mass is 10.1. The van der Waals surface area contributed by atoms with E-state index in [2.05, 4.69) is 5.32 Å². The third kappa shape index (κ3) is 4.76. The zero-order chi connectivity index (χ0) is 19.9. The van der Waals surface area contributed by atoms with Crippen LogP contribution in [0, 0.1) is 6.92 Å². The van der Waals surface area contributed by atoms with Crippen LogP contribution in [0.25, 0.3) is 0 Å². The topological polar surface area (TPSA) is 64.6 Å². The number of esters is 1. The number of nitrogens with one attached hydrogen (secondary N) is 1. The summed E-state index contributed by atoms with van der Waals surface area (Å²) in [5.74, 6) is 0.0506. The molecule has 0 aliphatic rings. The quantitative estimate of drug-likeness (QED) is 0.639. The zero-order valence-corrected chi connectivity index (χ0v) is 15.8. The van der Waals surface area contributed by atoms with E-state index in [1.165, 1.54) is 7.11 Å². The fourth-order valence-corrected chi connectivity index (χ4v) is 2.69. The summed E-state index contributed by atoms with van der Waals surface area (Å²) in [6, 6.07) is 21.8. The Bertz CT molecular complexity index is 966. The molecule has 0 aliphatic heterocycles. The van der Waals surface area contributed by atoms with Crippen molar-refractivity contribution in [2.45, 2.75) is 13.5 Å². The van der Waals surface area contributed by atoms with Crippen molar-refractivity contribution in [3.63, 3.8) is 0 Å². The Morgan fingerprint density at radius 1 is 0.893 bits per heavy atom. The molecule has 3 rings (SSSR count). The van der Waals surface area contributed by atoms with Crippen LogP contribution in [0.3, 0.4) is 0 Å². The summed E-state index contributed by atoms with van der Waals surface area (Å²) in [6.45, 7) is 2.29. The molecular formula is C23H21NO4. The monoisotopic (exact) mass is 375 g/mol. The molecule has 0 saturated heterocycles. The number of rotatable bonds is 6. The first kappa shape index (κ1) is 19.2. The molecule has 1 N–H and O–H groups in total. The number of benzene rings is 3. The van der Waals surface area contributed by atoms with Gasteiger partial charge in [0.05, 0.1) is 12.7 Å². The van der Waals surface area contributed by atoms with Gasteiger partial charge in [-0.2, -0.15) is 0 Å². The molecule has 0 aromatic heterocycles. The van der Waals surface area contributed by atoms with Gasteiger partial charge in [-0.3, -0.25) is 4.79 Å². The maximum Gasteiger partial charge on any atom is 0.337 e. The predicted octanol–water partition coefficient (Wildman–Crippen LogP) is 4.61. The molecule has 3 aromatic carbocycles. The van der Waals surface area contributed by atoms with E-state index >= 15 is 0 Å². The number of methoxy groups -OCH3 is 1. The maximum absolute atomic E-state index is 12.5. The van der Waals surface area contributed by atoms with Crippen molar-refractivity contribution in [1.82, 2.24) is 0 Å². The highest BCUT2D eigenvalue weighted by molar-refractivity contribution is 6.05. The molecule has 0 saturated carbocycles. The van der Waals surface area contributed by atoms with Crippen LogP contribution < -0.4 is 10.1 Å². The summed E-state index contributed by atoms with van der Waals surface area (Å²) in [6.07, 6.45) is 0. The van der Waals surface area contributed by atoms with Gasteiger partial charge in [0.25, 0.3) is 5.91 Å². The fourth-order valence-electron chi connectivity index (χ4n) is 2.69. The van der Waals surface area contributed by atoms with Crippen molar-refractivity contribution in [2.75, 3.05) is 12.4 Å². The lowest BCUT2D eigenvalue weighted by Gasteiger charge is -2.11. The van der Waals surface area contributed by atoms with Crippen LogP contribution >= 0.6 is 0 Å². The predicted molar refractivity (Wildman–Crippen MR) is 108 cm³/mol. The summed E-state index contributed by atoms with van der Waals surface area (Å²) < 4.78 is 10.4. The van der Waals surface area contributed by atoms with Crippen molar-refractivity contribution < 1.29 is 19.1 Å². The van der Waals surface area contributed by atoms with E-state index in [1.54, 1.807) is 42.5 Å². The first-order chi connectivity index (χ1) is 13.6. The Labute approximate surface area is 163 Å². The summed E-state index contributed by atoms with van der Waals surface area (Å²) in [7, 11) is 1.33. The Balaban J connectivity index is 1.62. The van der Waals surface area contributed by atoms with Gasteiger partial charge in [-0.15, -0.1) is 0 Å². The van der Waals surface area contributed by atoms with Gasteiger partial charge in [0.15, 0.2) is 0 Å². The second kappa shape index (κ2) is 8.86. The van der Waals surface area contributed by atoms with Crippen LogP contribution in [0.5, 0.6) is 5.75 Å². The van der Waals surface area contributed by atoms with Crippen LogP contribution in [0.2, 0.25) is 0 Å². The van der Waals surface area contributed by atoms with Crippen molar-refractivity contribution >= 4 is 17.6 Å². The first-order valence-corrected chi connectivity index (χ1v) is 8.84. The minimum atomic E-state index is -0.410. The second-order valence-corrected chi connectivity index (χ2v) is 6.27. The van der Waals surface area contributed by atoms with E-state index in [0.29, 0.717) is 29.2 Å². The molecule has 0 heterocycles. The maximum atomic E-state index is 12.5. The van der Waals surface area contributed by atoms with Crippen LogP contribution in [-0.4, -0.2) is 19.0 Å². The minimum Gasteiger partial charge on any atom is -0.489 e. The van der Waals surface area contributed by atoms with E-state index in [9.17, 15) is 9.59 Å². The van der Waals surface area contributed by atoms with Gasteiger partial charge in [-0.1, -0.05) is 30.3 Å². The summed E-state index contributed by atoms with van der Waals surface area (Å²) in [5.41, 5.74) is 3.46. The van der Waals surface area contributed by atoms with Crippen molar-refractivity contribution in [2.24, 2.45) is 0 Å². The van der Waals surface area contributed by atoms with Crippen molar-refractivity contribution in [1.29, 1.82) is 0 Å². The van der Waals surface area contributed by atoms with Crippen molar-refractivity contribution in [3.8, 4) is 5.75 Å². The third-order valence-electron chi connectivity index (χ3n) is 4.26. The standard InChI is InChI=1S/C23H21NO4/c1-16-14-19(23(26)27-2)10-13-21(16)24-22(25)18-8-11-20(12-9-18)28-15-17-6-4-3-5-7-17/h3-14H,15H2,1-2H3,(H,24,25). The lowest BCUT2D eigenvalue weighted by molar-refractivity contribution is 0.0600. The SMILES string of the molecule is COC(=O)c1ccc(NC(=O)c2ccc(OCc3ccccc3)cc2)c(C)c1. The number of amides is 1. The molecule has 0 spiro atoms. The molecule has 0 bridgehead atoms. The highest BCUT2D eigenvalue weighted by Gasteiger charge is 2.11. The highest BCUT2D eigenvalue weighted by Crippen LogP contribution is 2.19. The average Bonchev–Trinajstić information content (AvgIpc) is 2.74. The van der Waals surface area contributed by atoms with Crippen molar-refractivity contribution in [3.05, 3.63) is 95.1 Å². The first-order valence-electron chi connectivity index (χ1n) is 8.84. The van der Waals surface area contributed by atoms with E-state index in [-0.39, 0.29) is 5.91 Å². The number of hydrogen-bond donors (Lipinski definition) is 1. The highest BCUT2D eigenvalue weighted by atomic mass is 16.5. The Kier molecular flexibility index (Phi) is 6.07. The summed E-state index contributed by atoms with van der Waals surface area (Å²) in [5, 5.41) is 2.86. The fraction of sp³-hybridized carbons (Fsp3) is 0.130. The molecule has 0 radical (unpaired) electrons. The normalized spacial score (nSPS) is 10.2. The van der Waals surface area contributed by atoms with Crippen LogP contribution in [0.4, 0.5) is 5.69 Å². The molecule has 3 aromatic rings. The number of carbonyl (C=O) groups is 2. The molecule has 0 atom stereocenters.